The second kappa shape index (κ2) is 1.49. The van der Waals surface area contributed by atoms with E-state index in [2.05, 4.69) is 0 Å². The first-order chi connectivity index (χ1) is 2.00. The summed E-state index contributed by atoms with van der Waals surface area (Å²) in [5.74, 6) is 0. The van der Waals surface area contributed by atoms with Gasteiger partial charge in [-0.1, -0.05) is 0 Å². The van der Waals surface area contributed by atoms with Crippen molar-refractivity contribution in [1.82, 2.24) is 0 Å². The van der Waals surface area contributed by atoms with Gasteiger partial charge in [-0.2, -0.15) is 0 Å². The molecule has 0 aromatic carbocycles. The maximum absolute atomic E-state index is 10.4. The third-order valence-corrected chi connectivity index (χ3v) is 0. The quantitative estimate of drug-likeness (QED) is 0.385. The molecule has 0 unspecified atom stereocenters. The van der Waals surface area contributed by atoms with Gasteiger partial charge in [0.2, 0.25) is 0 Å². The molecule has 4 heteroatoms. The van der Waals surface area contributed by atoms with Crippen LogP contribution in [0, 0.1) is 0 Å². The summed E-state index contributed by atoms with van der Waals surface area (Å²) in [6, 6.07) is 0. The number of alkyl halides is 3. The molecule has 0 aromatic rings. The Morgan fingerprint density at radius 2 is 1.20 bits per heavy atom. The third-order valence-electron chi connectivity index (χ3n) is 0. The average molecular weight is 92.0 g/mol. The Labute approximate surface area is 44.8 Å². The van der Waals surface area contributed by atoms with Crippen molar-refractivity contribution in [2.75, 3.05) is 0 Å². The van der Waals surface area contributed by atoms with Crippen molar-refractivity contribution in [1.29, 1.82) is 0 Å². The molecule has 0 aliphatic heterocycles. The molecule has 0 aromatic heterocycles. The predicted molar refractivity (Wildman–Crippen MR) is 11.8 cm³/mol. The van der Waals surface area contributed by atoms with E-state index < -0.39 is 31.4 Å². The Balaban J connectivity index is 3.02. The van der Waals surface area contributed by atoms with Gasteiger partial charge in [0, 0.05) is 0 Å². The standard InChI is InChI=1S/CF3.Na/c2-1(3)4;. The molecule has 0 bridgehead atoms. The van der Waals surface area contributed by atoms with Crippen molar-refractivity contribution in [2.24, 2.45) is 0 Å². The summed E-state index contributed by atoms with van der Waals surface area (Å²) in [5.41, 5.74) is 0. The van der Waals surface area contributed by atoms with Crippen LogP contribution in [0.15, 0.2) is 0 Å². The molecule has 0 rings (SSSR count). The van der Waals surface area contributed by atoms with Crippen LogP contribution in [0.3, 0.4) is 0 Å². The van der Waals surface area contributed by atoms with Crippen LogP contribution in [0.2, 0.25) is 0 Å². The van der Waals surface area contributed by atoms with E-state index in [1.807, 2.05) is 0 Å². The summed E-state index contributed by atoms with van der Waals surface area (Å²) >= 11 is -0.692. The molecule has 0 aliphatic rings. The summed E-state index contributed by atoms with van der Waals surface area (Å²) in [6.07, 6.45) is 0. The molecule has 26 valence electrons. The van der Waals surface area contributed by atoms with E-state index in [1.165, 1.54) is 0 Å². The van der Waals surface area contributed by atoms with Gasteiger partial charge in [0.05, 0.1) is 0 Å². The first-order valence-electron chi connectivity index (χ1n) is 1.07. The van der Waals surface area contributed by atoms with Crippen molar-refractivity contribution >= 4 is 27.9 Å². The van der Waals surface area contributed by atoms with Crippen LogP contribution in [0.5, 0.6) is 0 Å². The van der Waals surface area contributed by atoms with Crippen LogP contribution in [0.25, 0.3) is 0 Å². The minimum absolute atomic E-state index is 0.692. The molecule has 0 radical (unpaired) electrons. The van der Waals surface area contributed by atoms with E-state index >= 15 is 0 Å². The zero-order chi connectivity index (χ0) is 4.50. The van der Waals surface area contributed by atoms with Crippen molar-refractivity contribution in [3.8, 4) is 0 Å². The molecule has 0 aliphatic carbocycles. The Bertz CT molecular complexity index is 22.4. The van der Waals surface area contributed by atoms with Gasteiger partial charge in [-0.25, -0.2) is 0 Å². The molecule has 0 amide bonds. The Hall–Kier alpha value is 0.790. The van der Waals surface area contributed by atoms with E-state index in [1.54, 1.807) is 0 Å². The number of halogens is 3. The molecule has 0 saturated carbocycles. The molecular formula is CF3Na. The van der Waals surface area contributed by atoms with Crippen LogP contribution in [0.4, 0.5) is 13.2 Å². The van der Waals surface area contributed by atoms with Gasteiger partial charge in [0.25, 0.3) is 0 Å². The van der Waals surface area contributed by atoms with Crippen molar-refractivity contribution in [3.05, 3.63) is 0 Å². The van der Waals surface area contributed by atoms with Gasteiger partial charge in [-0.15, -0.1) is 0 Å². The molecule has 0 nitrogen and oxygen atoms in total. The van der Waals surface area contributed by atoms with Crippen molar-refractivity contribution in [3.63, 3.8) is 0 Å². The zero-order valence-corrected chi connectivity index (χ0v) is 4.63. The first kappa shape index (κ1) is 5.79. The van der Waals surface area contributed by atoms with Crippen molar-refractivity contribution < 1.29 is 13.2 Å². The van der Waals surface area contributed by atoms with Crippen molar-refractivity contribution in [2.45, 2.75) is 3.43 Å². The Morgan fingerprint density at radius 1 is 1.20 bits per heavy atom. The van der Waals surface area contributed by atoms with Crippen LogP contribution < -0.4 is 0 Å². The minimum atomic E-state index is -3.86. The van der Waals surface area contributed by atoms with Gasteiger partial charge in [0.15, 0.2) is 0 Å². The SMILES string of the molecule is F[C](F)(F)[Na]. The van der Waals surface area contributed by atoms with Gasteiger partial charge in [-0.05, 0) is 0 Å². The summed E-state index contributed by atoms with van der Waals surface area (Å²) in [5, 5.41) is 0. The second-order valence-corrected chi connectivity index (χ2v) is 1.92. The van der Waals surface area contributed by atoms with Crippen LogP contribution in [-0.2, 0) is 0 Å². The molecule has 0 fully saturated rings. The number of hydrogen-bond acceptors (Lipinski definition) is 0. The molecule has 0 spiro atoms. The third kappa shape index (κ3) is 59.7. The molecule has 0 atom stereocenters. The van der Waals surface area contributed by atoms with E-state index in [4.69, 9.17) is 0 Å². The fourth-order valence-corrected chi connectivity index (χ4v) is 0. The summed E-state index contributed by atoms with van der Waals surface area (Å²) in [7, 11) is 0. The molecule has 0 N–H and O–H groups in total. The number of hydrogen-bond donors (Lipinski definition) is 0. The molecule has 5 heavy (non-hydrogen) atoms. The summed E-state index contributed by atoms with van der Waals surface area (Å²) in [6.45, 7) is 0. The van der Waals surface area contributed by atoms with E-state index in [-0.39, 0.29) is 0 Å². The van der Waals surface area contributed by atoms with E-state index in [0.717, 1.165) is 0 Å². The van der Waals surface area contributed by atoms with Gasteiger partial charge in [-0.3, -0.25) is 0 Å². The number of rotatable bonds is 0. The average Bonchev–Trinajstić information content (AvgIpc) is 0.722. The van der Waals surface area contributed by atoms with Crippen LogP contribution >= 0.6 is 0 Å². The fourth-order valence-electron chi connectivity index (χ4n) is 0. The summed E-state index contributed by atoms with van der Waals surface area (Å²) < 4.78 is 27.4. The molecule has 0 heterocycles. The molecule has 0 saturated heterocycles. The van der Waals surface area contributed by atoms with Gasteiger partial charge in [0.1, 0.15) is 0 Å². The topological polar surface area (TPSA) is 0 Å². The summed E-state index contributed by atoms with van der Waals surface area (Å²) in [4.78, 5) is 0. The van der Waals surface area contributed by atoms with E-state index in [0.29, 0.717) is 0 Å². The monoisotopic (exact) mass is 92.0 g/mol. The van der Waals surface area contributed by atoms with Crippen LogP contribution in [-0.4, -0.2) is 31.4 Å². The normalized spacial score (nSPS) is 12.2. The second-order valence-electron chi connectivity index (χ2n) is 0.781. The molecular weight excluding hydrogens is 92.0 g/mol. The van der Waals surface area contributed by atoms with Gasteiger partial charge < -0.3 is 0 Å². The zero-order valence-electron chi connectivity index (χ0n) is 2.63. The van der Waals surface area contributed by atoms with Crippen LogP contribution in [0.1, 0.15) is 0 Å². The predicted octanol–water partition coefficient (Wildman–Crippen LogP) is 0.675. The first-order valence-corrected chi connectivity index (χ1v) is 2.07. The van der Waals surface area contributed by atoms with E-state index in [9.17, 15) is 13.2 Å². The Kier molecular flexibility index (Phi) is 1.73. The van der Waals surface area contributed by atoms with Gasteiger partial charge >= 0.3 is 44.5 Å². The fraction of sp³-hybridized carbons (Fsp3) is 1.00. The Morgan fingerprint density at radius 3 is 1.20 bits per heavy atom. The maximum atomic E-state index is 10.4.